The summed E-state index contributed by atoms with van der Waals surface area (Å²) in [5, 5.41) is 15.1. The van der Waals surface area contributed by atoms with E-state index >= 15 is 0 Å². The highest BCUT2D eigenvalue weighted by molar-refractivity contribution is 6.39. The van der Waals surface area contributed by atoms with Gasteiger partial charge in [-0.2, -0.15) is 0 Å². The number of carbonyl (C=O) groups is 2. The molecule has 0 heterocycles. The lowest BCUT2D eigenvalue weighted by Gasteiger charge is -2.13. The van der Waals surface area contributed by atoms with Gasteiger partial charge < -0.3 is 20.5 Å². The Kier molecular flexibility index (Phi) is 7.17. The molecule has 0 aliphatic carbocycles. The van der Waals surface area contributed by atoms with Crippen LogP contribution in [-0.4, -0.2) is 30.1 Å². The lowest BCUT2D eigenvalue weighted by molar-refractivity contribution is -0.136. The van der Waals surface area contributed by atoms with Crippen LogP contribution in [0.15, 0.2) is 42.5 Å². The van der Waals surface area contributed by atoms with E-state index in [1.165, 1.54) is 6.07 Å². The van der Waals surface area contributed by atoms with Crippen LogP contribution in [0.1, 0.15) is 11.7 Å². The largest absolute Gasteiger partial charge is 0.479 e. The molecule has 0 aliphatic heterocycles. The fourth-order valence-electron chi connectivity index (χ4n) is 2.10. The number of anilines is 1. The molecule has 0 radical (unpaired) electrons. The summed E-state index contributed by atoms with van der Waals surface area (Å²) in [6.07, 6.45) is 4.07. The van der Waals surface area contributed by atoms with Gasteiger partial charge in [0, 0.05) is 17.6 Å². The molecule has 2 aromatic carbocycles. The molecule has 1 atom stereocenters. The van der Waals surface area contributed by atoms with Gasteiger partial charge in [0.2, 0.25) is 0 Å². The maximum Gasteiger partial charge on any atom is 0.313 e. The van der Waals surface area contributed by atoms with E-state index in [0.29, 0.717) is 10.6 Å². The molecule has 0 aromatic heterocycles. The minimum Gasteiger partial charge on any atom is -0.479 e. The summed E-state index contributed by atoms with van der Waals surface area (Å²) in [5.41, 5.74) is 0.485. The third-order valence-corrected chi connectivity index (χ3v) is 3.67. The van der Waals surface area contributed by atoms with Crippen molar-refractivity contribution in [3.05, 3.63) is 58.9 Å². The van der Waals surface area contributed by atoms with Crippen LogP contribution in [0.4, 0.5) is 10.1 Å². The number of amides is 2. The van der Waals surface area contributed by atoms with Crippen molar-refractivity contribution in [2.45, 2.75) is 6.10 Å². The average Bonchev–Trinajstić information content (AvgIpc) is 2.65. The molecule has 27 heavy (non-hydrogen) atoms. The van der Waals surface area contributed by atoms with E-state index in [1.807, 2.05) is 0 Å². The molecular weight excluding hydrogens is 375 g/mol. The van der Waals surface area contributed by atoms with Crippen molar-refractivity contribution in [2.75, 3.05) is 18.5 Å². The molecule has 2 rings (SSSR count). The van der Waals surface area contributed by atoms with Crippen molar-refractivity contribution in [2.24, 2.45) is 0 Å². The molecule has 0 bridgehead atoms. The highest BCUT2D eigenvalue weighted by Gasteiger charge is 2.18. The summed E-state index contributed by atoms with van der Waals surface area (Å²) < 4.78 is 18.6. The number of terminal acetylenes is 1. The van der Waals surface area contributed by atoms with Gasteiger partial charge in [0.25, 0.3) is 0 Å². The molecule has 0 saturated heterocycles. The Bertz CT molecular complexity index is 865. The predicted molar refractivity (Wildman–Crippen MR) is 98.8 cm³/mol. The molecule has 0 aliphatic rings. The minimum absolute atomic E-state index is 0.0383. The number of nitrogens with one attached hydrogen (secondary N) is 2. The number of ether oxygens (including phenoxy) is 1. The monoisotopic (exact) mass is 390 g/mol. The van der Waals surface area contributed by atoms with Crippen LogP contribution in [0.25, 0.3) is 0 Å². The molecule has 3 N–H and O–H groups in total. The number of aliphatic hydroxyl groups is 1. The molecule has 0 saturated carbocycles. The first-order chi connectivity index (χ1) is 12.9. The van der Waals surface area contributed by atoms with E-state index in [9.17, 15) is 19.1 Å². The Morgan fingerprint density at radius 1 is 1.22 bits per heavy atom. The van der Waals surface area contributed by atoms with Crippen LogP contribution in [0, 0.1) is 18.2 Å². The van der Waals surface area contributed by atoms with Gasteiger partial charge in [-0.15, -0.1) is 6.42 Å². The van der Waals surface area contributed by atoms with Crippen molar-refractivity contribution in [3.63, 3.8) is 0 Å². The minimum atomic E-state index is -1.05. The van der Waals surface area contributed by atoms with Gasteiger partial charge in [0.05, 0.1) is 11.8 Å². The molecule has 2 aromatic rings. The molecule has 0 spiro atoms. The smallest absolute Gasteiger partial charge is 0.313 e. The highest BCUT2D eigenvalue weighted by Crippen LogP contribution is 2.25. The topological polar surface area (TPSA) is 87.7 Å². The van der Waals surface area contributed by atoms with Crippen molar-refractivity contribution in [1.29, 1.82) is 0 Å². The van der Waals surface area contributed by atoms with Crippen LogP contribution < -0.4 is 15.4 Å². The molecule has 2 amide bonds. The van der Waals surface area contributed by atoms with Gasteiger partial charge in [-0.3, -0.25) is 9.59 Å². The Hall–Kier alpha value is -3.08. The number of aliphatic hydroxyl groups excluding tert-OH is 1. The van der Waals surface area contributed by atoms with Gasteiger partial charge in [0.1, 0.15) is 18.2 Å². The second-order valence-electron chi connectivity index (χ2n) is 5.36. The zero-order chi connectivity index (χ0) is 19.8. The summed E-state index contributed by atoms with van der Waals surface area (Å²) in [5.74, 6) is -0.315. The Labute approximate surface area is 160 Å². The van der Waals surface area contributed by atoms with E-state index in [2.05, 4.69) is 16.6 Å². The number of hydrogen-bond donors (Lipinski definition) is 3. The normalized spacial score (nSPS) is 11.2. The number of rotatable bonds is 6. The fourth-order valence-corrected chi connectivity index (χ4v) is 2.22. The second-order valence-corrected chi connectivity index (χ2v) is 5.80. The van der Waals surface area contributed by atoms with Crippen LogP contribution in [-0.2, 0) is 9.59 Å². The summed E-state index contributed by atoms with van der Waals surface area (Å²) >= 11 is 5.77. The van der Waals surface area contributed by atoms with E-state index in [1.54, 1.807) is 24.3 Å². The first kappa shape index (κ1) is 20.2. The Morgan fingerprint density at radius 2 is 1.93 bits per heavy atom. The summed E-state index contributed by atoms with van der Waals surface area (Å²) in [6.45, 7) is -0.286. The average molecular weight is 391 g/mol. The van der Waals surface area contributed by atoms with E-state index in [0.717, 1.165) is 12.1 Å². The maximum absolute atomic E-state index is 13.4. The van der Waals surface area contributed by atoms with Gasteiger partial charge >= 0.3 is 11.8 Å². The second kappa shape index (κ2) is 9.57. The number of halogens is 2. The Balaban J connectivity index is 1.95. The van der Waals surface area contributed by atoms with E-state index in [4.69, 9.17) is 22.8 Å². The SMILES string of the molecule is C#CCOc1ccc(F)cc1NC(=O)C(=O)NC[C@H](O)c1ccc(Cl)cc1. The summed E-state index contributed by atoms with van der Waals surface area (Å²) in [4.78, 5) is 23.9. The van der Waals surface area contributed by atoms with Crippen LogP contribution in [0.3, 0.4) is 0 Å². The molecule has 0 unspecified atom stereocenters. The highest BCUT2D eigenvalue weighted by atomic mass is 35.5. The number of benzene rings is 2. The zero-order valence-corrected chi connectivity index (χ0v) is 14.8. The van der Waals surface area contributed by atoms with Crippen molar-refractivity contribution >= 4 is 29.1 Å². The third kappa shape index (κ3) is 5.99. The quantitative estimate of drug-likeness (QED) is 0.521. The lowest BCUT2D eigenvalue weighted by Crippen LogP contribution is -2.37. The predicted octanol–water partition coefficient (Wildman–Crippen LogP) is 2.28. The zero-order valence-electron chi connectivity index (χ0n) is 14.0. The fraction of sp³-hybridized carbons (Fsp3) is 0.158. The Morgan fingerprint density at radius 3 is 2.59 bits per heavy atom. The van der Waals surface area contributed by atoms with Gasteiger partial charge in [-0.05, 0) is 29.8 Å². The van der Waals surface area contributed by atoms with Crippen LogP contribution in [0.5, 0.6) is 5.75 Å². The van der Waals surface area contributed by atoms with Gasteiger partial charge in [-0.1, -0.05) is 29.7 Å². The maximum atomic E-state index is 13.4. The van der Waals surface area contributed by atoms with Crippen LogP contribution >= 0.6 is 11.6 Å². The van der Waals surface area contributed by atoms with Crippen LogP contribution in [0.2, 0.25) is 5.02 Å². The van der Waals surface area contributed by atoms with Gasteiger partial charge in [0.15, 0.2) is 0 Å². The van der Waals surface area contributed by atoms with Gasteiger partial charge in [-0.25, -0.2) is 4.39 Å². The molecule has 140 valence electrons. The molecular formula is C19H16ClFN2O4. The summed E-state index contributed by atoms with van der Waals surface area (Å²) in [6, 6.07) is 9.79. The molecule has 6 nitrogen and oxygen atoms in total. The van der Waals surface area contributed by atoms with Crippen molar-refractivity contribution in [3.8, 4) is 18.1 Å². The van der Waals surface area contributed by atoms with E-state index < -0.39 is 23.7 Å². The first-order valence-electron chi connectivity index (χ1n) is 7.79. The number of carbonyl (C=O) groups excluding carboxylic acids is 2. The lowest BCUT2D eigenvalue weighted by atomic mass is 10.1. The number of hydrogen-bond acceptors (Lipinski definition) is 4. The summed E-state index contributed by atoms with van der Waals surface area (Å²) in [7, 11) is 0. The van der Waals surface area contributed by atoms with E-state index in [-0.39, 0.29) is 24.6 Å². The third-order valence-electron chi connectivity index (χ3n) is 3.42. The van der Waals surface area contributed by atoms with Crippen molar-refractivity contribution < 1.29 is 23.8 Å². The van der Waals surface area contributed by atoms with Crippen molar-refractivity contribution in [1.82, 2.24) is 5.32 Å². The first-order valence-corrected chi connectivity index (χ1v) is 8.17. The molecule has 0 fully saturated rings. The molecule has 8 heteroatoms. The standard InChI is InChI=1S/C19H16ClFN2O4/c1-2-9-27-17-8-7-14(21)10-15(17)23-19(26)18(25)22-11-16(24)12-3-5-13(20)6-4-12/h1,3-8,10,16,24H,9,11H2,(H,22,25)(H,23,26)/t16-/m0/s1.